The zero-order valence-corrected chi connectivity index (χ0v) is 15.2. The molecule has 0 N–H and O–H groups in total. The molecule has 0 atom stereocenters. The van der Waals surface area contributed by atoms with Crippen LogP contribution in [0.1, 0.15) is 40.5 Å². The number of ether oxygens (including phenoxy) is 1. The Hall–Kier alpha value is -2.55. The maximum atomic E-state index is 11.4. The lowest BCUT2D eigenvalue weighted by Crippen LogP contribution is -1.98. The van der Waals surface area contributed by atoms with Crippen LogP contribution in [0.2, 0.25) is 0 Å². The molecule has 1 aromatic heterocycles. The van der Waals surface area contributed by atoms with Crippen LogP contribution in [-0.4, -0.2) is 7.11 Å². The number of hydrogen-bond donors (Lipinski definition) is 0. The summed E-state index contributed by atoms with van der Waals surface area (Å²) in [4.78, 5) is 11.4. The Bertz CT molecular complexity index is 867. The summed E-state index contributed by atoms with van der Waals surface area (Å²) in [6.07, 6.45) is 5.99. The molecule has 3 heteroatoms. The molecule has 0 bridgehead atoms. The van der Waals surface area contributed by atoms with Gasteiger partial charge in [-0.05, 0) is 86.2 Å². The average Bonchev–Trinajstić information content (AvgIpc) is 2.49. The lowest BCUT2D eigenvalue weighted by atomic mass is 9.96. The van der Waals surface area contributed by atoms with Crippen molar-refractivity contribution in [1.29, 1.82) is 0 Å². The van der Waals surface area contributed by atoms with Crippen LogP contribution in [0.3, 0.4) is 0 Å². The second-order valence-corrected chi connectivity index (χ2v) is 6.14. The SMILES string of the molecule is COc1cc(C)c(/C=C\C(C)=C\c2cc(C)cc(=O)o2)c(C)c1C. The molecule has 0 spiro atoms. The zero-order valence-electron chi connectivity index (χ0n) is 15.2. The van der Waals surface area contributed by atoms with E-state index in [9.17, 15) is 4.79 Å². The van der Waals surface area contributed by atoms with Gasteiger partial charge in [0.15, 0.2) is 0 Å². The molecule has 1 heterocycles. The van der Waals surface area contributed by atoms with Crippen LogP contribution in [-0.2, 0) is 0 Å². The zero-order chi connectivity index (χ0) is 17.9. The van der Waals surface area contributed by atoms with Gasteiger partial charge in [-0.25, -0.2) is 4.79 Å². The number of rotatable bonds is 4. The second-order valence-electron chi connectivity index (χ2n) is 6.14. The molecule has 126 valence electrons. The Kier molecular flexibility index (Phi) is 5.45. The van der Waals surface area contributed by atoms with E-state index in [1.165, 1.54) is 22.8 Å². The van der Waals surface area contributed by atoms with E-state index in [0.717, 1.165) is 22.4 Å². The third kappa shape index (κ3) is 4.05. The fraction of sp³-hybridized carbons (Fsp3) is 0.286. The standard InChI is InChI=1S/C21H24O3/c1-13(9-18-10-14(2)11-21(22)24-18)7-8-19-15(3)12-20(23-6)17(5)16(19)4/h7-12H,1-6H3/b8-7-,13-9+. The van der Waals surface area contributed by atoms with Crippen molar-refractivity contribution in [1.82, 2.24) is 0 Å². The number of methoxy groups -OCH3 is 1. The first kappa shape index (κ1) is 17.8. The Morgan fingerprint density at radius 3 is 2.42 bits per heavy atom. The third-order valence-corrected chi connectivity index (χ3v) is 4.15. The molecule has 2 rings (SSSR count). The molecule has 0 fully saturated rings. The second kappa shape index (κ2) is 7.35. The van der Waals surface area contributed by atoms with Gasteiger partial charge in [-0.3, -0.25) is 0 Å². The molecule has 0 aliphatic rings. The van der Waals surface area contributed by atoms with E-state index in [1.54, 1.807) is 7.11 Å². The molecular weight excluding hydrogens is 300 g/mol. The number of aryl methyl sites for hydroxylation is 2. The molecule has 0 saturated carbocycles. The summed E-state index contributed by atoms with van der Waals surface area (Å²) in [6.45, 7) is 10.1. The van der Waals surface area contributed by atoms with Gasteiger partial charge in [0.05, 0.1) is 7.11 Å². The summed E-state index contributed by atoms with van der Waals surface area (Å²) in [7, 11) is 1.69. The number of allylic oxidation sites excluding steroid dienone is 2. The van der Waals surface area contributed by atoms with Gasteiger partial charge in [0.25, 0.3) is 0 Å². The number of hydrogen-bond acceptors (Lipinski definition) is 3. The molecule has 1 aromatic carbocycles. The van der Waals surface area contributed by atoms with E-state index < -0.39 is 0 Å². The first-order valence-electron chi connectivity index (χ1n) is 7.94. The lowest BCUT2D eigenvalue weighted by molar-refractivity contribution is 0.411. The van der Waals surface area contributed by atoms with E-state index in [2.05, 4.69) is 32.9 Å². The van der Waals surface area contributed by atoms with Crippen molar-refractivity contribution in [2.75, 3.05) is 7.11 Å². The summed E-state index contributed by atoms with van der Waals surface area (Å²) in [5.41, 5.74) is 6.29. The van der Waals surface area contributed by atoms with Crippen LogP contribution in [0.25, 0.3) is 12.2 Å². The van der Waals surface area contributed by atoms with E-state index in [-0.39, 0.29) is 5.63 Å². The molecule has 0 amide bonds. The summed E-state index contributed by atoms with van der Waals surface area (Å²) in [5, 5.41) is 0. The highest BCUT2D eigenvalue weighted by atomic mass is 16.5. The third-order valence-electron chi connectivity index (χ3n) is 4.15. The van der Waals surface area contributed by atoms with Crippen LogP contribution < -0.4 is 10.4 Å². The van der Waals surface area contributed by atoms with Gasteiger partial charge in [-0.15, -0.1) is 0 Å². The molecule has 0 unspecified atom stereocenters. The topological polar surface area (TPSA) is 39.4 Å². The highest BCUT2D eigenvalue weighted by Gasteiger charge is 2.08. The molecule has 0 radical (unpaired) electrons. The maximum Gasteiger partial charge on any atom is 0.336 e. The summed E-state index contributed by atoms with van der Waals surface area (Å²) >= 11 is 0. The van der Waals surface area contributed by atoms with Gasteiger partial charge >= 0.3 is 5.63 Å². The maximum absolute atomic E-state index is 11.4. The van der Waals surface area contributed by atoms with Gasteiger partial charge < -0.3 is 9.15 Å². The van der Waals surface area contributed by atoms with Crippen molar-refractivity contribution < 1.29 is 9.15 Å². The van der Waals surface area contributed by atoms with Gasteiger partial charge in [0.2, 0.25) is 0 Å². The van der Waals surface area contributed by atoms with Crippen molar-refractivity contribution in [3.05, 3.63) is 73.8 Å². The van der Waals surface area contributed by atoms with Crippen molar-refractivity contribution in [2.24, 2.45) is 0 Å². The monoisotopic (exact) mass is 324 g/mol. The Balaban J connectivity index is 2.35. The van der Waals surface area contributed by atoms with Crippen molar-refractivity contribution in [3.8, 4) is 5.75 Å². The normalized spacial score (nSPS) is 12.0. The van der Waals surface area contributed by atoms with Crippen molar-refractivity contribution in [3.63, 3.8) is 0 Å². The molecule has 0 aliphatic carbocycles. The van der Waals surface area contributed by atoms with Crippen LogP contribution in [0, 0.1) is 27.7 Å². The van der Waals surface area contributed by atoms with Gasteiger partial charge in [0.1, 0.15) is 11.5 Å². The summed E-state index contributed by atoms with van der Waals surface area (Å²) < 4.78 is 10.6. The van der Waals surface area contributed by atoms with Gasteiger partial charge in [-0.2, -0.15) is 0 Å². The quantitative estimate of drug-likeness (QED) is 0.743. The smallest absolute Gasteiger partial charge is 0.336 e. The molecule has 24 heavy (non-hydrogen) atoms. The minimum absolute atomic E-state index is 0.324. The van der Waals surface area contributed by atoms with Crippen LogP contribution in [0.4, 0.5) is 0 Å². The van der Waals surface area contributed by atoms with Crippen LogP contribution in [0.5, 0.6) is 5.75 Å². The highest BCUT2D eigenvalue weighted by molar-refractivity contribution is 5.66. The minimum atomic E-state index is -0.324. The first-order valence-corrected chi connectivity index (χ1v) is 7.94. The van der Waals surface area contributed by atoms with E-state index in [0.29, 0.717) is 5.76 Å². The van der Waals surface area contributed by atoms with E-state index in [4.69, 9.17) is 9.15 Å². The molecule has 0 saturated heterocycles. The Labute approximate surface area is 143 Å². The molecular formula is C21H24O3. The Morgan fingerprint density at radius 1 is 1.08 bits per heavy atom. The summed E-state index contributed by atoms with van der Waals surface area (Å²) in [6, 6.07) is 5.39. The van der Waals surface area contributed by atoms with Gasteiger partial charge in [-0.1, -0.05) is 12.2 Å². The van der Waals surface area contributed by atoms with E-state index >= 15 is 0 Å². The predicted molar refractivity (Wildman–Crippen MR) is 99.6 cm³/mol. The number of benzene rings is 1. The molecule has 3 nitrogen and oxygen atoms in total. The fourth-order valence-corrected chi connectivity index (χ4v) is 2.72. The van der Waals surface area contributed by atoms with Crippen LogP contribution >= 0.6 is 0 Å². The largest absolute Gasteiger partial charge is 0.496 e. The molecule has 2 aromatic rings. The highest BCUT2D eigenvalue weighted by Crippen LogP contribution is 2.28. The minimum Gasteiger partial charge on any atom is -0.496 e. The van der Waals surface area contributed by atoms with Crippen molar-refractivity contribution >= 4 is 12.2 Å². The van der Waals surface area contributed by atoms with Crippen LogP contribution in [0.15, 0.2) is 39.1 Å². The van der Waals surface area contributed by atoms with Gasteiger partial charge in [0, 0.05) is 6.07 Å². The van der Waals surface area contributed by atoms with E-state index in [1.807, 2.05) is 32.1 Å². The summed E-state index contributed by atoms with van der Waals surface area (Å²) in [5.74, 6) is 1.48. The predicted octanol–water partition coefficient (Wildman–Crippen LogP) is 5.00. The lowest BCUT2D eigenvalue weighted by Gasteiger charge is -2.13. The Morgan fingerprint density at radius 2 is 1.79 bits per heavy atom. The van der Waals surface area contributed by atoms with Crippen molar-refractivity contribution in [2.45, 2.75) is 34.6 Å². The first-order chi connectivity index (χ1) is 11.3. The fourth-order valence-electron chi connectivity index (χ4n) is 2.72. The average molecular weight is 324 g/mol. The molecule has 0 aliphatic heterocycles.